The third kappa shape index (κ3) is 6.55. The third-order valence-corrected chi connectivity index (χ3v) is 4.09. The first-order chi connectivity index (χ1) is 7.39. The van der Waals surface area contributed by atoms with E-state index in [1.54, 1.807) is 0 Å². The molecular weight excluding hydrogens is 192 g/mol. The van der Waals surface area contributed by atoms with E-state index in [0.29, 0.717) is 10.8 Å². The molecule has 0 nitrogen and oxygen atoms in total. The van der Waals surface area contributed by atoms with Gasteiger partial charge in [0.1, 0.15) is 0 Å². The molecule has 0 bridgehead atoms. The zero-order valence-electron chi connectivity index (χ0n) is 12.5. The first kappa shape index (κ1) is 16.0. The van der Waals surface area contributed by atoms with Gasteiger partial charge in [-0.25, -0.2) is 0 Å². The molecule has 0 aliphatic carbocycles. The third-order valence-electron chi connectivity index (χ3n) is 4.09. The fourth-order valence-corrected chi connectivity index (χ4v) is 2.40. The second-order valence-electron chi connectivity index (χ2n) is 6.40. The summed E-state index contributed by atoms with van der Waals surface area (Å²) in [4.78, 5) is 0. The summed E-state index contributed by atoms with van der Waals surface area (Å²) < 4.78 is 0. The summed E-state index contributed by atoms with van der Waals surface area (Å²) in [5, 5.41) is 0. The quantitative estimate of drug-likeness (QED) is 0.421. The number of rotatable bonds is 9. The maximum Gasteiger partial charge on any atom is -0.0292 e. The molecular formula is C16H33. The molecule has 0 aromatic carbocycles. The summed E-state index contributed by atoms with van der Waals surface area (Å²) >= 11 is 0. The van der Waals surface area contributed by atoms with Crippen molar-refractivity contribution in [3.63, 3.8) is 0 Å². The summed E-state index contributed by atoms with van der Waals surface area (Å²) in [6.07, 6.45) is 11.9. The molecule has 0 rings (SSSR count). The van der Waals surface area contributed by atoms with Crippen molar-refractivity contribution in [1.29, 1.82) is 0 Å². The molecule has 1 unspecified atom stereocenters. The van der Waals surface area contributed by atoms with Crippen LogP contribution in [-0.2, 0) is 0 Å². The Bertz CT molecular complexity index is 169. The molecule has 0 aromatic rings. The van der Waals surface area contributed by atoms with Crippen molar-refractivity contribution in [2.24, 2.45) is 10.8 Å². The molecule has 0 aromatic heterocycles. The summed E-state index contributed by atoms with van der Waals surface area (Å²) in [6, 6.07) is 0. The highest BCUT2D eigenvalue weighted by Crippen LogP contribution is 2.41. The Morgan fingerprint density at radius 2 is 1.50 bits per heavy atom. The van der Waals surface area contributed by atoms with Crippen LogP contribution >= 0.6 is 0 Å². The minimum atomic E-state index is 0.452. The van der Waals surface area contributed by atoms with Gasteiger partial charge in [0.2, 0.25) is 0 Å². The van der Waals surface area contributed by atoms with Crippen molar-refractivity contribution >= 4 is 0 Å². The smallest absolute Gasteiger partial charge is 0.0292 e. The van der Waals surface area contributed by atoms with Crippen molar-refractivity contribution in [3.05, 3.63) is 6.42 Å². The van der Waals surface area contributed by atoms with E-state index in [2.05, 4.69) is 48.0 Å². The van der Waals surface area contributed by atoms with Crippen LogP contribution < -0.4 is 0 Å². The summed E-state index contributed by atoms with van der Waals surface area (Å²) in [5.74, 6) is 0. The predicted octanol–water partition coefficient (Wildman–Crippen LogP) is 6.01. The van der Waals surface area contributed by atoms with E-state index in [0.717, 1.165) is 0 Å². The van der Waals surface area contributed by atoms with Crippen molar-refractivity contribution in [2.45, 2.75) is 86.5 Å². The van der Waals surface area contributed by atoms with Gasteiger partial charge >= 0.3 is 0 Å². The highest BCUT2D eigenvalue weighted by Gasteiger charge is 2.29. The molecule has 0 aliphatic heterocycles. The Hall–Kier alpha value is 0. The van der Waals surface area contributed by atoms with Gasteiger partial charge < -0.3 is 0 Å². The summed E-state index contributed by atoms with van der Waals surface area (Å²) in [5.41, 5.74) is 0.944. The van der Waals surface area contributed by atoms with Gasteiger partial charge in [-0.3, -0.25) is 0 Å². The first-order valence-corrected chi connectivity index (χ1v) is 7.23. The van der Waals surface area contributed by atoms with Gasteiger partial charge in [-0.2, -0.15) is 0 Å². The van der Waals surface area contributed by atoms with Crippen LogP contribution in [0, 0.1) is 17.3 Å². The van der Waals surface area contributed by atoms with E-state index in [9.17, 15) is 0 Å². The summed E-state index contributed by atoms with van der Waals surface area (Å²) in [6.45, 7) is 14.2. The van der Waals surface area contributed by atoms with Gasteiger partial charge in [0.05, 0.1) is 0 Å². The Balaban J connectivity index is 4.10. The van der Waals surface area contributed by atoms with E-state index in [1.165, 1.54) is 44.9 Å². The lowest BCUT2D eigenvalue weighted by molar-refractivity contribution is 0.190. The van der Waals surface area contributed by atoms with Gasteiger partial charge in [0.25, 0.3) is 0 Å². The fraction of sp³-hybridized carbons (Fsp3) is 0.938. The minimum absolute atomic E-state index is 0.452. The topological polar surface area (TPSA) is 0 Å². The molecule has 0 heterocycles. The van der Waals surface area contributed by atoms with Crippen LogP contribution in [0.4, 0.5) is 0 Å². The van der Waals surface area contributed by atoms with Crippen molar-refractivity contribution in [1.82, 2.24) is 0 Å². The highest BCUT2D eigenvalue weighted by molar-refractivity contribution is 4.91. The van der Waals surface area contributed by atoms with E-state index >= 15 is 0 Å². The Morgan fingerprint density at radius 1 is 0.875 bits per heavy atom. The van der Waals surface area contributed by atoms with Crippen LogP contribution in [0.3, 0.4) is 0 Å². The standard InChI is InChI=1S/C16H33/c1-7-10-11-12-13-16(6,9-3)14-15(4,5)8-2/h13H,7-12,14H2,1-6H3. The second-order valence-corrected chi connectivity index (χ2v) is 6.40. The molecule has 97 valence electrons. The lowest BCUT2D eigenvalue weighted by atomic mass is 9.69. The number of unbranched alkanes of at least 4 members (excludes halogenated alkanes) is 3. The van der Waals surface area contributed by atoms with Crippen molar-refractivity contribution < 1.29 is 0 Å². The van der Waals surface area contributed by atoms with E-state index in [1.807, 2.05) is 0 Å². The van der Waals surface area contributed by atoms with E-state index in [4.69, 9.17) is 0 Å². The predicted molar refractivity (Wildman–Crippen MR) is 75.5 cm³/mol. The van der Waals surface area contributed by atoms with E-state index < -0.39 is 0 Å². The number of hydrogen-bond acceptors (Lipinski definition) is 0. The molecule has 1 radical (unpaired) electrons. The average Bonchev–Trinajstić information content (AvgIpc) is 2.24. The number of hydrogen-bond donors (Lipinski definition) is 0. The summed E-state index contributed by atoms with van der Waals surface area (Å²) in [7, 11) is 0. The molecule has 1 atom stereocenters. The van der Waals surface area contributed by atoms with Gasteiger partial charge in [-0.05, 0) is 30.1 Å². The monoisotopic (exact) mass is 225 g/mol. The normalized spacial score (nSPS) is 16.1. The van der Waals surface area contributed by atoms with Crippen LogP contribution in [0.2, 0.25) is 0 Å². The average molecular weight is 225 g/mol. The van der Waals surface area contributed by atoms with Gasteiger partial charge in [-0.15, -0.1) is 0 Å². The molecule has 0 spiro atoms. The maximum atomic E-state index is 2.60. The van der Waals surface area contributed by atoms with Gasteiger partial charge in [0, 0.05) is 0 Å². The van der Waals surface area contributed by atoms with Crippen LogP contribution in [0.5, 0.6) is 0 Å². The molecule has 0 heteroatoms. The lowest BCUT2D eigenvalue weighted by Gasteiger charge is -2.36. The maximum absolute atomic E-state index is 2.60. The van der Waals surface area contributed by atoms with Gasteiger partial charge in [0.15, 0.2) is 0 Å². The van der Waals surface area contributed by atoms with E-state index in [-0.39, 0.29) is 0 Å². The Labute approximate surface area is 104 Å². The zero-order valence-corrected chi connectivity index (χ0v) is 12.5. The molecule has 0 fully saturated rings. The van der Waals surface area contributed by atoms with Crippen molar-refractivity contribution in [2.75, 3.05) is 0 Å². The fourth-order valence-electron chi connectivity index (χ4n) is 2.40. The van der Waals surface area contributed by atoms with Crippen LogP contribution in [-0.4, -0.2) is 0 Å². The minimum Gasteiger partial charge on any atom is -0.0654 e. The molecule has 16 heavy (non-hydrogen) atoms. The highest BCUT2D eigenvalue weighted by atomic mass is 14.3. The molecule has 0 saturated heterocycles. The van der Waals surface area contributed by atoms with Crippen molar-refractivity contribution in [3.8, 4) is 0 Å². The van der Waals surface area contributed by atoms with Crippen LogP contribution in [0.15, 0.2) is 0 Å². The first-order valence-electron chi connectivity index (χ1n) is 7.23. The van der Waals surface area contributed by atoms with Gasteiger partial charge in [-0.1, -0.05) is 73.6 Å². The molecule has 0 N–H and O–H groups in total. The largest absolute Gasteiger partial charge is 0.0654 e. The Kier molecular flexibility index (Phi) is 7.35. The molecule has 0 saturated carbocycles. The lowest BCUT2D eigenvalue weighted by Crippen LogP contribution is -2.25. The zero-order chi connectivity index (χ0) is 12.7. The Morgan fingerprint density at radius 3 is 1.94 bits per heavy atom. The van der Waals surface area contributed by atoms with Crippen LogP contribution in [0.1, 0.15) is 86.5 Å². The van der Waals surface area contributed by atoms with Crippen LogP contribution in [0.25, 0.3) is 0 Å². The molecule has 0 amide bonds. The molecule has 0 aliphatic rings. The second kappa shape index (κ2) is 7.35. The SMILES string of the molecule is CCCCC[CH]C(C)(CC)CC(C)(C)CC.